The molecule has 132 valence electrons. The van der Waals surface area contributed by atoms with E-state index in [4.69, 9.17) is 11.6 Å². The summed E-state index contributed by atoms with van der Waals surface area (Å²) in [6.45, 7) is 1.14. The first-order valence-corrected chi connectivity index (χ1v) is 9.50. The van der Waals surface area contributed by atoms with Gasteiger partial charge in [-0.15, -0.1) is 0 Å². The van der Waals surface area contributed by atoms with E-state index in [-0.39, 0.29) is 24.0 Å². The summed E-state index contributed by atoms with van der Waals surface area (Å²) in [7, 11) is -3.58. The highest BCUT2D eigenvalue weighted by molar-refractivity contribution is 7.89. The maximum Gasteiger partial charge on any atom is 0.321 e. The number of amides is 2. The average Bonchev–Trinajstić information content (AvgIpc) is 2.63. The van der Waals surface area contributed by atoms with E-state index in [0.29, 0.717) is 23.8 Å². The molecule has 0 saturated carbocycles. The van der Waals surface area contributed by atoms with Gasteiger partial charge in [-0.25, -0.2) is 13.2 Å². The van der Waals surface area contributed by atoms with Crippen LogP contribution in [0.1, 0.15) is 0 Å². The molecule has 0 bridgehead atoms. The van der Waals surface area contributed by atoms with Gasteiger partial charge in [-0.05, 0) is 36.4 Å². The number of halogens is 1. The molecule has 0 radical (unpaired) electrons. The number of hydrogen-bond donors (Lipinski definition) is 1. The Balaban J connectivity index is 1.61. The molecule has 0 atom stereocenters. The molecule has 1 N–H and O–H groups in total. The van der Waals surface area contributed by atoms with Gasteiger partial charge in [0.1, 0.15) is 0 Å². The average molecular weight is 381 g/mol. The van der Waals surface area contributed by atoms with Gasteiger partial charge in [0, 0.05) is 49.3 Å². The van der Waals surface area contributed by atoms with Crippen LogP contribution in [0.4, 0.5) is 10.5 Å². The molecule has 7 nitrogen and oxygen atoms in total. The summed E-state index contributed by atoms with van der Waals surface area (Å²) in [4.78, 5) is 17.9. The van der Waals surface area contributed by atoms with Crippen LogP contribution in [-0.2, 0) is 10.0 Å². The molecule has 0 aliphatic carbocycles. The normalized spacial score (nSPS) is 15.8. The second-order valence-corrected chi connectivity index (χ2v) is 7.89. The summed E-state index contributed by atoms with van der Waals surface area (Å²) in [5, 5.41) is 3.25. The van der Waals surface area contributed by atoms with Crippen LogP contribution >= 0.6 is 11.6 Å². The number of nitrogens with zero attached hydrogens (tertiary/aromatic N) is 3. The number of pyridine rings is 1. The number of hydrogen-bond acceptors (Lipinski definition) is 4. The van der Waals surface area contributed by atoms with Crippen LogP contribution in [0, 0.1) is 0 Å². The van der Waals surface area contributed by atoms with Gasteiger partial charge in [-0.1, -0.05) is 11.6 Å². The van der Waals surface area contributed by atoms with E-state index >= 15 is 0 Å². The van der Waals surface area contributed by atoms with Crippen molar-refractivity contribution in [1.82, 2.24) is 14.2 Å². The van der Waals surface area contributed by atoms with E-state index < -0.39 is 10.0 Å². The van der Waals surface area contributed by atoms with E-state index in [1.807, 2.05) is 0 Å². The first kappa shape index (κ1) is 17.7. The number of aromatic nitrogens is 1. The van der Waals surface area contributed by atoms with Crippen LogP contribution in [0.5, 0.6) is 0 Å². The molecule has 1 aromatic heterocycles. The van der Waals surface area contributed by atoms with Crippen LogP contribution in [0.25, 0.3) is 0 Å². The second kappa shape index (κ2) is 7.38. The van der Waals surface area contributed by atoms with Crippen molar-refractivity contribution in [2.45, 2.75) is 4.90 Å². The van der Waals surface area contributed by atoms with Crippen molar-refractivity contribution in [3.05, 3.63) is 53.8 Å². The molecule has 1 aromatic carbocycles. The number of carbonyl (C=O) groups excluding carboxylic acids is 1. The molecule has 1 aliphatic rings. The topological polar surface area (TPSA) is 82.6 Å². The number of carbonyl (C=O) groups is 1. The number of anilines is 1. The van der Waals surface area contributed by atoms with Crippen LogP contribution in [0.15, 0.2) is 53.7 Å². The summed E-state index contributed by atoms with van der Waals surface area (Å²) >= 11 is 5.80. The van der Waals surface area contributed by atoms with Crippen LogP contribution < -0.4 is 5.32 Å². The summed E-state index contributed by atoms with van der Waals surface area (Å²) in [6, 6.07) is 9.20. The van der Waals surface area contributed by atoms with Crippen molar-refractivity contribution in [3.63, 3.8) is 0 Å². The summed E-state index contributed by atoms with van der Waals surface area (Å²) in [6.07, 6.45) is 3.18. The highest BCUT2D eigenvalue weighted by atomic mass is 35.5. The third-order valence-electron chi connectivity index (χ3n) is 3.91. The standard InChI is InChI=1S/C16H17ClN4O3S/c17-13-1-3-15(4-2-13)25(23,24)21-11-9-20(10-12-21)16(22)19-14-5-7-18-8-6-14/h1-8H,9-12H2,(H,18,19,22). The predicted octanol–water partition coefficient (Wildman–Crippen LogP) is 2.27. The smallest absolute Gasteiger partial charge is 0.321 e. The van der Waals surface area contributed by atoms with Crippen molar-refractivity contribution in [2.24, 2.45) is 0 Å². The minimum Gasteiger partial charge on any atom is -0.322 e. The molecule has 1 aliphatic heterocycles. The number of sulfonamides is 1. The monoisotopic (exact) mass is 380 g/mol. The lowest BCUT2D eigenvalue weighted by molar-refractivity contribution is 0.184. The van der Waals surface area contributed by atoms with Crippen molar-refractivity contribution < 1.29 is 13.2 Å². The van der Waals surface area contributed by atoms with E-state index in [1.54, 1.807) is 41.6 Å². The summed E-state index contributed by atoms with van der Waals surface area (Å²) in [5.41, 5.74) is 0.649. The number of rotatable bonds is 3. The van der Waals surface area contributed by atoms with Gasteiger partial charge < -0.3 is 10.2 Å². The maximum atomic E-state index is 12.6. The minimum atomic E-state index is -3.58. The van der Waals surface area contributed by atoms with Crippen molar-refractivity contribution in [3.8, 4) is 0 Å². The molecule has 1 fully saturated rings. The Morgan fingerprint density at radius 2 is 1.60 bits per heavy atom. The Labute approximate surface area is 151 Å². The molecule has 25 heavy (non-hydrogen) atoms. The fourth-order valence-electron chi connectivity index (χ4n) is 2.52. The molecule has 3 rings (SSSR count). The summed E-state index contributed by atoms with van der Waals surface area (Å²) < 4.78 is 26.6. The molecular weight excluding hydrogens is 364 g/mol. The molecule has 1 saturated heterocycles. The van der Waals surface area contributed by atoms with Gasteiger partial charge in [-0.2, -0.15) is 4.31 Å². The third kappa shape index (κ3) is 4.09. The Kier molecular flexibility index (Phi) is 5.22. The molecule has 2 amide bonds. The molecule has 0 unspecified atom stereocenters. The van der Waals surface area contributed by atoms with Crippen LogP contribution in [0.2, 0.25) is 5.02 Å². The van der Waals surface area contributed by atoms with Crippen molar-refractivity contribution >= 4 is 33.3 Å². The Morgan fingerprint density at radius 3 is 2.20 bits per heavy atom. The first-order valence-electron chi connectivity index (χ1n) is 7.68. The van der Waals surface area contributed by atoms with Gasteiger partial charge in [-0.3, -0.25) is 4.98 Å². The van der Waals surface area contributed by atoms with Crippen molar-refractivity contribution in [2.75, 3.05) is 31.5 Å². The molecular formula is C16H17ClN4O3S. The minimum absolute atomic E-state index is 0.201. The van der Waals surface area contributed by atoms with E-state index in [1.165, 1.54) is 16.4 Å². The fourth-order valence-corrected chi connectivity index (χ4v) is 4.07. The van der Waals surface area contributed by atoms with Gasteiger partial charge in [0.05, 0.1) is 4.90 Å². The van der Waals surface area contributed by atoms with E-state index in [2.05, 4.69) is 10.3 Å². The number of urea groups is 1. The lowest BCUT2D eigenvalue weighted by Crippen LogP contribution is -2.51. The highest BCUT2D eigenvalue weighted by Gasteiger charge is 2.30. The number of benzene rings is 1. The SMILES string of the molecule is O=C(Nc1ccncc1)N1CCN(S(=O)(=O)c2ccc(Cl)cc2)CC1. The Morgan fingerprint density at radius 1 is 1.00 bits per heavy atom. The van der Waals surface area contributed by atoms with Gasteiger partial charge in [0.2, 0.25) is 10.0 Å². The van der Waals surface area contributed by atoms with Gasteiger partial charge >= 0.3 is 6.03 Å². The zero-order valence-electron chi connectivity index (χ0n) is 13.3. The van der Waals surface area contributed by atoms with Crippen LogP contribution in [-0.4, -0.2) is 54.8 Å². The quantitative estimate of drug-likeness (QED) is 0.885. The Bertz CT molecular complexity index is 835. The predicted molar refractivity (Wildman–Crippen MR) is 95.0 cm³/mol. The molecule has 2 aromatic rings. The van der Waals surface area contributed by atoms with E-state index in [0.717, 1.165) is 0 Å². The van der Waals surface area contributed by atoms with Gasteiger partial charge in [0.15, 0.2) is 0 Å². The van der Waals surface area contributed by atoms with Crippen LogP contribution in [0.3, 0.4) is 0 Å². The molecule has 9 heteroatoms. The fraction of sp³-hybridized carbons (Fsp3) is 0.250. The zero-order valence-corrected chi connectivity index (χ0v) is 14.9. The maximum absolute atomic E-state index is 12.6. The highest BCUT2D eigenvalue weighted by Crippen LogP contribution is 2.20. The van der Waals surface area contributed by atoms with Gasteiger partial charge in [0.25, 0.3) is 0 Å². The zero-order chi connectivity index (χ0) is 17.9. The second-order valence-electron chi connectivity index (χ2n) is 5.51. The number of piperazine rings is 1. The first-order chi connectivity index (χ1) is 12.0. The lowest BCUT2D eigenvalue weighted by Gasteiger charge is -2.34. The molecule has 2 heterocycles. The third-order valence-corrected chi connectivity index (χ3v) is 6.07. The molecule has 0 spiro atoms. The summed E-state index contributed by atoms with van der Waals surface area (Å²) in [5.74, 6) is 0. The lowest BCUT2D eigenvalue weighted by atomic mass is 10.3. The number of nitrogens with one attached hydrogen (secondary N) is 1. The van der Waals surface area contributed by atoms with E-state index in [9.17, 15) is 13.2 Å². The largest absolute Gasteiger partial charge is 0.322 e. The van der Waals surface area contributed by atoms with Crippen molar-refractivity contribution in [1.29, 1.82) is 0 Å². The Hall–Kier alpha value is -2.16.